The van der Waals surface area contributed by atoms with Gasteiger partial charge < -0.3 is 4.74 Å². The molecule has 2 rings (SSSR count). The quantitative estimate of drug-likeness (QED) is 0.478. The maximum atomic E-state index is 10.7. The van der Waals surface area contributed by atoms with Gasteiger partial charge in [-0.3, -0.25) is 10.1 Å². The van der Waals surface area contributed by atoms with Gasteiger partial charge in [-0.15, -0.1) is 0 Å². The highest BCUT2D eigenvalue weighted by Crippen LogP contribution is 2.31. The lowest BCUT2D eigenvalue weighted by molar-refractivity contribution is -0.385. The van der Waals surface area contributed by atoms with Crippen LogP contribution in [0, 0.1) is 17.0 Å². The van der Waals surface area contributed by atoms with Crippen LogP contribution in [0.3, 0.4) is 0 Å². The summed E-state index contributed by atoms with van der Waals surface area (Å²) in [6.07, 6.45) is 0. The largest absolute Gasteiger partial charge is 0.437 e. The Morgan fingerprint density at radius 1 is 1.26 bits per heavy atom. The summed E-state index contributed by atoms with van der Waals surface area (Å²) in [6.45, 7) is 1.89. The van der Waals surface area contributed by atoms with Gasteiger partial charge in [0.1, 0.15) is 10.9 Å². The summed E-state index contributed by atoms with van der Waals surface area (Å²) in [4.78, 5) is 14.0. The molecule has 0 saturated carbocycles. The molecule has 1 aromatic carbocycles. The number of hydrogen-bond donors (Lipinski definition) is 0. The number of aromatic nitrogens is 1. The number of ether oxygens (including phenoxy) is 1. The zero-order chi connectivity index (χ0) is 14.0. The fourth-order valence-corrected chi connectivity index (χ4v) is 1.89. The van der Waals surface area contributed by atoms with E-state index in [0.29, 0.717) is 10.8 Å². The molecule has 0 aliphatic rings. The van der Waals surface area contributed by atoms with Crippen LogP contribution in [0.5, 0.6) is 11.6 Å². The minimum Gasteiger partial charge on any atom is -0.437 e. The number of nitro groups is 1. The van der Waals surface area contributed by atoms with Crippen molar-refractivity contribution >= 4 is 28.9 Å². The van der Waals surface area contributed by atoms with E-state index in [-0.39, 0.29) is 16.7 Å². The smallest absolute Gasteiger partial charge is 0.277 e. The third kappa shape index (κ3) is 3.33. The van der Waals surface area contributed by atoms with Crippen molar-refractivity contribution in [3.63, 3.8) is 0 Å². The monoisotopic (exact) mass is 298 g/mol. The van der Waals surface area contributed by atoms with Crippen molar-refractivity contribution in [1.29, 1.82) is 0 Å². The first-order valence-electron chi connectivity index (χ1n) is 5.21. The van der Waals surface area contributed by atoms with E-state index in [1.807, 2.05) is 6.92 Å². The average Bonchev–Trinajstić information content (AvgIpc) is 2.32. The van der Waals surface area contributed by atoms with Crippen molar-refractivity contribution in [3.8, 4) is 11.6 Å². The molecular formula is C12H8Cl2N2O3. The Labute approximate surface area is 118 Å². The molecule has 19 heavy (non-hydrogen) atoms. The number of benzene rings is 1. The van der Waals surface area contributed by atoms with Crippen LogP contribution >= 0.6 is 23.2 Å². The second-order valence-corrected chi connectivity index (χ2v) is 4.57. The third-order valence-electron chi connectivity index (χ3n) is 2.27. The predicted molar refractivity (Wildman–Crippen MR) is 72.2 cm³/mol. The Bertz CT molecular complexity index is 647. The molecular weight excluding hydrogens is 291 g/mol. The molecule has 0 radical (unpaired) electrons. The number of pyridine rings is 1. The molecule has 0 fully saturated rings. The second kappa shape index (κ2) is 5.42. The van der Waals surface area contributed by atoms with Crippen LogP contribution in [0.15, 0.2) is 30.3 Å². The summed E-state index contributed by atoms with van der Waals surface area (Å²) < 4.78 is 5.40. The van der Waals surface area contributed by atoms with E-state index < -0.39 is 4.92 Å². The van der Waals surface area contributed by atoms with Gasteiger partial charge in [-0.1, -0.05) is 29.3 Å². The Morgan fingerprint density at radius 2 is 2.00 bits per heavy atom. The predicted octanol–water partition coefficient (Wildman–Crippen LogP) is 4.40. The van der Waals surface area contributed by atoms with Gasteiger partial charge in [0.2, 0.25) is 5.88 Å². The van der Waals surface area contributed by atoms with Gasteiger partial charge >= 0.3 is 0 Å². The minimum atomic E-state index is -0.572. The molecule has 0 atom stereocenters. The maximum absolute atomic E-state index is 10.7. The zero-order valence-electron chi connectivity index (χ0n) is 9.76. The molecule has 0 spiro atoms. The average molecular weight is 299 g/mol. The molecule has 1 aromatic heterocycles. The lowest BCUT2D eigenvalue weighted by Crippen LogP contribution is -1.93. The Morgan fingerprint density at radius 3 is 2.63 bits per heavy atom. The third-order valence-corrected chi connectivity index (χ3v) is 2.76. The summed E-state index contributed by atoms with van der Waals surface area (Å²) >= 11 is 11.7. The summed E-state index contributed by atoms with van der Waals surface area (Å²) in [5.41, 5.74) is 0.778. The van der Waals surface area contributed by atoms with Crippen LogP contribution in [0.2, 0.25) is 10.2 Å². The minimum absolute atomic E-state index is 0.0185. The highest BCUT2D eigenvalue weighted by atomic mass is 35.5. The first-order chi connectivity index (χ1) is 8.95. The van der Waals surface area contributed by atoms with E-state index in [1.165, 1.54) is 6.07 Å². The van der Waals surface area contributed by atoms with E-state index in [1.54, 1.807) is 18.2 Å². The molecule has 0 saturated heterocycles. The van der Waals surface area contributed by atoms with Crippen molar-refractivity contribution in [2.75, 3.05) is 0 Å². The molecule has 2 aromatic rings. The second-order valence-electron chi connectivity index (χ2n) is 3.78. The molecule has 0 bridgehead atoms. The van der Waals surface area contributed by atoms with Crippen LogP contribution in [0.4, 0.5) is 5.69 Å². The van der Waals surface area contributed by atoms with Crippen LogP contribution < -0.4 is 4.74 Å². The summed E-state index contributed by atoms with van der Waals surface area (Å²) in [5.74, 6) is 0.376. The highest BCUT2D eigenvalue weighted by molar-refractivity contribution is 6.32. The first kappa shape index (κ1) is 13.6. The lowest BCUT2D eigenvalue weighted by atomic mass is 10.2. The van der Waals surface area contributed by atoms with E-state index in [2.05, 4.69) is 4.98 Å². The Hall–Kier alpha value is -1.85. The van der Waals surface area contributed by atoms with Gasteiger partial charge in [0.05, 0.1) is 22.1 Å². The molecule has 98 valence electrons. The van der Waals surface area contributed by atoms with Crippen molar-refractivity contribution in [2.24, 2.45) is 0 Å². The molecule has 0 aliphatic carbocycles. The summed E-state index contributed by atoms with van der Waals surface area (Å²) in [7, 11) is 0. The number of rotatable bonds is 3. The van der Waals surface area contributed by atoms with E-state index in [0.717, 1.165) is 11.6 Å². The number of hydrogen-bond acceptors (Lipinski definition) is 4. The lowest BCUT2D eigenvalue weighted by Gasteiger charge is -2.07. The Balaban J connectivity index is 2.35. The van der Waals surface area contributed by atoms with Crippen LogP contribution in [0.25, 0.3) is 0 Å². The molecule has 1 heterocycles. The molecule has 0 aliphatic heterocycles. The van der Waals surface area contributed by atoms with Crippen LogP contribution in [-0.2, 0) is 0 Å². The van der Waals surface area contributed by atoms with Gasteiger partial charge in [0.25, 0.3) is 5.69 Å². The standard InChI is InChI=1S/C12H8Cl2N2O3/c1-7-2-3-10(9(13)4-7)19-12-6-8(16(17)18)5-11(14)15-12/h2-6H,1H3. The topological polar surface area (TPSA) is 65.3 Å². The zero-order valence-corrected chi connectivity index (χ0v) is 11.3. The van der Waals surface area contributed by atoms with Gasteiger partial charge in [0, 0.05) is 0 Å². The molecule has 0 N–H and O–H groups in total. The maximum Gasteiger partial charge on any atom is 0.277 e. The van der Waals surface area contributed by atoms with E-state index in [9.17, 15) is 10.1 Å². The number of nitrogens with zero attached hydrogens (tertiary/aromatic N) is 2. The fraction of sp³-hybridized carbons (Fsp3) is 0.0833. The van der Waals surface area contributed by atoms with Crippen LogP contribution in [0.1, 0.15) is 5.56 Å². The van der Waals surface area contributed by atoms with E-state index >= 15 is 0 Å². The SMILES string of the molecule is Cc1ccc(Oc2cc([N+](=O)[O-])cc(Cl)n2)c(Cl)c1. The van der Waals surface area contributed by atoms with Gasteiger partial charge in [-0.25, -0.2) is 4.98 Å². The van der Waals surface area contributed by atoms with Gasteiger partial charge in [-0.2, -0.15) is 0 Å². The number of aryl methyl sites for hydroxylation is 1. The van der Waals surface area contributed by atoms with Crippen LogP contribution in [-0.4, -0.2) is 9.91 Å². The van der Waals surface area contributed by atoms with Crippen molar-refractivity contribution in [2.45, 2.75) is 6.92 Å². The molecule has 0 amide bonds. The first-order valence-corrected chi connectivity index (χ1v) is 5.97. The highest BCUT2D eigenvalue weighted by Gasteiger charge is 2.12. The summed E-state index contributed by atoms with van der Waals surface area (Å²) in [5, 5.41) is 11.1. The molecule has 0 unspecified atom stereocenters. The van der Waals surface area contributed by atoms with Crippen molar-refractivity contribution in [1.82, 2.24) is 4.98 Å². The molecule has 7 heteroatoms. The fourth-order valence-electron chi connectivity index (χ4n) is 1.42. The molecule has 5 nitrogen and oxygen atoms in total. The normalized spacial score (nSPS) is 10.3. The Kier molecular flexibility index (Phi) is 3.87. The number of halogens is 2. The van der Waals surface area contributed by atoms with E-state index in [4.69, 9.17) is 27.9 Å². The van der Waals surface area contributed by atoms with Crippen molar-refractivity contribution < 1.29 is 9.66 Å². The summed E-state index contributed by atoms with van der Waals surface area (Å²) in [6, 6.07) is 7.51. The van der Waals surface area contributed by atoms with Gasteiger partial charge in [-0.05, 0) is 24.6 Å². The van der Waals surface area contributed by atoms with Crippen molar-refractivity contribution in [3.05, 3.63) is 56.2 Å². The van der Waals surface area contributed by atoms with Gasteiger partial charge in [0.15, 0.2) is 0 Å².